The third-order valence-corrected chi connectivity index (χ3v) is 4.22. The van der Waals surface area contributed by atoms with E-state index in [2.05, 4.69) is 44.3 Å². The van der Waals surface area contributed by atoms with E-state index in [9.17, 15) is 0 Å². The Morgan fingerprint density at radius 2 is 2.42 bits per heavy atom. The maximum Gasteiger partial charge on any atom is 0.202 e. The Balaban J connectivity index is 1.55. The molecule has 6 heteroatoms. The lowest BCUT2D eigenvalue weighted by molar-refractivity contribution is 0.381. The van der Waals surface area contributed by atoms with Crippen LogP contribution in [0.15, 0.2) is 12.4 Å². The predicted molar refractivity (Wildman–Crippen MR) is 76.5 cm³/mol. The van der Waals surface area contributed by atoms with Gasteiger partial charge in [-0.1, -0.05) is 13.8 Å². The normalized spacial score (nSPS) is 18.6. The zero-order valence-electron chi connectivity index (χ0n) is 11.3. The Bertz CT molecular complexity index is 545. The van der Waals surface area contributed by atoms with Crippen LogP contribution in [0.2, 0.25) is 0 Å². The zero-order chi connectivity index (χ0) is 13.2. The molecule has 19 heavy (non-hydrogen) atoms. The molecule has 1 aliphatic heterocycles. The number of fused-ring (bicyclic) bond motifs is 1. The summed E-state index contributed by atoms with van der Waals surface area (Å²) in [6, 6.07) is 0. The second kappa shape index (κ2) is 5.28. The molecule has 0 saturated carbocycles. The van der Waals surface area contributed by atoms with Gasteiger partial charge in [0.15, 0.2) is 0 Å². The SMILES string of the molecule is CC(C)c1nsc(NC[C@H]2CCc3nccn3C2)n1. The molecule has 0 bridgehead atoms. The van der Waals surface area contributed by atoms with Gasteiger partial charge in [-0.3, -0.25) is 0 Å². The number of nitrogens with zero attached hydrogens (tertiary/aromatic N) is 4. The van der Waals surface area contributed by atoms with Crippen molar-refractivity contribution >= 4 is 16.7 Å². The van der Waals surface area contributed by atoms with Crippen LogP contribution in [0.3, 0.4) is 0 Å². The van der Waals surface area contributed by atoms with E-state index >= 15 is 0 Å². The van der Waals surface area contributed by atoms with Crippen molar-refractivity contribution in [2.45, 2.75) is 39.2 Å². The van der Waals surface area contributed by atoms with Gasteiger partial charge in [0.2, 0.25) is 5.13 Å². The van der Waals surface area contributed by atoms with Gasteiger partial charge in [0, 0.05) is 49.4 Å². The van der Waals surface area contributed by atoms with Crippen LogP contribution >= 0.6 is 11.5 Å². The van der Waals surface area contributed by atoms with Crippen LogP contribution in [-0.4, -0.2) is 25.5 Å². The van der Waals surface area contributed by atoms with E-state index in [1.165, 1.54) is 23.8 Å². The van der Waals surface area contributed by atoms with E-state index in [0.717, 1.165) is 30.5 Å². The van der Waals surface area contributed by atoms with E-state index < -0.39 is 0 Å². The summed E-state index contributed by atoms with van der Waals surface area (Å²) in [6.07, 6.45) is 6.24. The maximum absolute atomic E-state index is 4.51. The molecule has 0 unspecified atom stereocenters. The average Bonchev–Trinajstić information content (AvgIpc) is 3.04. The largest absolute Gasteiger partial charge is 0.360 e. The lowest BCUT2D eigenvalue weighted by atomic mass is 9.99. The van der Waals surface area contributed by atoms with Gasteiger partial charge in [-0.15, -0.1) is 0 Å². The van der Waals surface area contributed by atoms with Gasteiger partial charge in [-0.05, 0) is 12.3 Å². The summed E-state index contributed by atoms with van der Waals surface area (Å²) < 4.78 is 6.62. The molecule has 0 fully saturated rings. The van der Waals surface area contributed by atoms with Crippen molar-refractivity contribution in [2.75, 3.05) is 11.9 Å². The van der Waals surface area contributed by atoms with Crippen molar-refractivity contribution in [1.29, 1.82) is 0 Å². The van der Waals surface area contributed by atoms with Crippen molar-refractivity contribution in [1.82, 2.24) is 18.9 Å². The predicted octanol–water partition coefficient (Wildman–Crippen LogP) is 2.53. The third-order valence-electron chi connectivity index (χ3n) is 3.53. The minimum Gasteiger partial charge on any atom is -0.360 e. The van der Waals surface area contributed by atoms with Crippen molar-refractivity contribution in [3.63, 3.8) is 0 Å². The van der Waals surface area contributed by atoms with Crippen molar-refractivity contribution in [3.05, 3.63) is 24.0 Å². The highest BCUT2D eigenvalue weighted by Crippen LogP contribution is 2.21. The molecule has 2 aromatic heterocycles. The fourth-order valence-electron chi connectivity index (χ4n) is 2.38. The lowest BCUT2D eigenvalue weighted by Gasteiger charge is -2.23. The molecule has 5 nitrogen and oxygen atoms in total. The highest BCUT2D eigenvalue weighted by molar-refractivity contribution is 7.09. The zero-order valence-corrected chi connectivity index (χ0v) is 12.2. The number of anilines is 1. The highest BCUT2D eigenvalue weighted by Gasteiger charge is 2.19. The van der Waals surface area contributed by atoms with Crippen LogP contribution in [0.4, 0.5) is 5.13 Å². The molecule has 3 heterocycles. The Morgan fingerprint density at radius 1 is 1.53 bits per heavy atom. The number of hydrogen-bond acceptors (Lipinski definition) is 5. The van der Waals surface area contributed by atoms with Crippen LogP contribution in [0.1, 0.15) is 37.8 Å². The molecule has 0 aliphatic carbocycles. The smallest absolute Gasteiger partial charge is 0.202 e. The van der Waals surface area contributed by atoms with Crippen molar-refractivity contribution in [3.8, 4) is 0 Å². The van der Waals surface area contributed by atoms with Gasteiger partial charge in [0.05, 0.1) is 0 Å². The number of imidazole rings is 1. The van der Waals surface area contributed by atoms with Gasteiger partial charge in [-0.2, -0.15) is 4.37 Å². The first-order chi connectivity index (χ1) is 9.22. The quantitative estimate of drug-likeness (QED) is 0.933. The molecule has 1 atom stereocenters. The maximum atomic E-state index is 4.51. The number of nitrogens with one attached hydrogen (secondary N) is 1. The van der Waals surface area contributed by atoms with E-state index in [1.807, 2.05) is 6.20 Å². The summed E-state index contributed by atoms with van der Waals surface area (Å²) >= 11 is 1.46. The number of rotatable bonds is 4. The van der Waals surface area contributed by atoms with E-state index in [1.54, 1.807) is 0 Å². The molecule has 0 spiro atoms. The lowest BCUT2D eigenvalue weighted by Crippen LogP contribution is -2.25. The number of aryl methyl sites for hydroxylation is 1. The molecule has 0 aromatic carbocycles. The van der Waals surface area contributed by atoms with E-state index in [4.69, 9.17) is 0 Å². The van der Waals surface area contributed by atoms with Crippen LogP contribution < -0.4 is 5.32 Å². The molecule has 0 radical (unpaired) electrons. The summed E-state index contributed by atoms with van der Waals surface area (Å²) in [5.74, 6) is 3.20. The fourth-order valence-corrected chi connectivity index (χ4v) is 3.09. The van der Waals surface area contributed by atoms with Crippen LogP contribution in [0, 0.1) is 5.92 Å². The Morgan fingerprint density at radius 3 is 3.21 bits per heavy atom. The second-order valence-electron chi connectivity index (χ2n) is 5.39. The molecule has 3 rings (SSSR count). The molecule has 0 amide bonds. The Hall–Kier alpha value is -1.43. The van der Waals surface area contributed by atoms with Crippen LogP contribution in [0.5, 0.6) is 0 Å². The van der Waals surface area contributed by atoms with Gasteiger partial charge >= 0.3 is 0 Å². The minimum atomic E-state index is 0.398. The van der Waals surface area contributed by atoms with Crippen LogP contribution in [0.25, 0.3) is 0 Å². The first-order valence-electron chi connectivity index (χ1n) is 6.80. The standard InChI is InChI=1S/C13H19N5S/c1-9(2)12-16-13(19-17-12)15-7-10-3-4-11-14-5-6-18(11)8-10/h5-6,9-10H,3-4,7-8H2,1-2H3,(H,15,16,17)/t10-/m1/s1. The molecule has 0 saturated heterocycles. The van der Waals surface area contributed by atoms with Gasteiger partial charge in [-0.25, -0.2) is 9.97 Å². The Kier molecular flexibility index (Phi) is 3.50. The van der Waals surface area contributed by atoms with Gasteiger partial charge in [0.1, 0.15) is 11.6 Å². The van der Waals surface area contributed by atoms with E-state index in [-0.39, 0.29) is 0 Å². The molecule has 2 aromatic rings. The molecular formula is C13H19N5S. The summed E-state index contributed by atoms with van der Waals surface area (Å²) in [6.45, 7) is 6.25. The van der Waals surface area contributed by atoms with Crippen molar-refractivity contribution in [2.24, 2.45) is 5.92 Å². The molecule has 102 valence electrons. The average molecular weight is 277 g/mol. The third kappa shape index (κ3) is 2.78. The van der Waals surface area contributed by atoms with Crippen molar-refractivity contribution < 1.29 is 0 Å². The van der Waals surface area contributed by atoms with Crippen LogP contribution in [-0.2, 0) is 13.0 Å². The molecule has 1 N–H and O–H groups in total. The number of aromatic nitrogens is 4. The van der Waals surface area contributed by atoms with Gasteiger partial charge in [0.25, 0.3) is 0 Å². The summed E-state index contributed by atoms with van der Waals surface area (Å²) in [4.78, 5) is 8.86. The Labute approximate surface area is 117 Å². The summed E-state index contributed by atoms with van der Waals surface area (Å²) in [7, 11) is 0. The topological polar surface area (TPSA) is 55.6 Å². The second-order valence-corrected chi connectivity index (χ2v) is 6.15. The number of hydrogen-bond donors (Lipinski definition) is 1. The summed E-state index contributed by atoms with van der Waals surface area (Å²) in [5, 5.41) is 4.37. The summed E-state index contributed by atoms with van der Waals surface area (Å²) in [5.41, 5.74) is 0. The monoisotopic (exact) mass is 277 g/mol. The molecular weight excluding hydrogens is 258 g/mol. The fraction of sp³-hybridized carbons (Fsp3) is 0.615. The van der Waals surface area contributed by atoms with E-state index in [0.29, 0.717) is 11.8 Å². The minimum absolute atomic E-state index is 0.398. The first-order valence-corrected chi connectivity index (χ1v) is 7.57. The first kappa shape index (κ1) is 12.6. The molecule has 1 aliphatic rings. The van der Waals surface area contributed by atoms with Gasteiger partial charge < -0.3 is 9.88 Å². The highest BCUT2D eigenvalue weighted by atomic mass is 32.1.